The number of hydrogen-bond donors (Lipinski definition) is 1. The van der Waals surface area contributed by atoms with E-state index < -0.39 is 23.2 Å². The molecule has 8 nitrogen and oxygen atoms in total. The van der Waals surface area contributed by atoms with E-state index in [1.165, 1.54) is 31.9 Å². The molecule has 222 valence electrons. The van der Waals surface area contributed by atoms with E-state index in [2.05, 4.69) is 22.0 Å². The number of esters is 1. The molecule has 1 fully saturated rings. The van der Waals surface area contributed by atoms with Gasteiger partial charge in [0.15, 0.2) is 0 Å². The Morgan fingerprint density at radius 1 is 1.02 bits per heavy atom. The normalized spacial score (nSPS) is 20.0. The van der Waals surface area contributed by atoms with E-state index in [0.29, 0.717) is 24.6 Å². The Bertz CT molecular complexity index is 1590. The van der Waals surface area contributed by atoms with Crippen molar-refractivity contribution >= 4 is 34.6 Å². The third kappa shape index (κ3) is 4.56. The molecule has 2 amide bonds. The molecular formula is C34H41N3O5. The summed E-state index contributed by atoms with van der Waals surface area (Å²) in [5, 5.41) is 4.21. The van der Waals surface area contributed by atoms with Gasteiger partial charge in [-0.1, -0.05) is 43.5 Å². The number of para-hydroxylation sites is 1. The predicted molar refractivity (Wildman–Crippen MR) is 163 cm³/mol. The van der Waals surface area contributed by atoms with E-state index in [0.717, 1.165) is 46.3 Å². The lowest BCUT2D eigenvalue weighted by molar-refractivity contribution is -0.128. The Labute approximate surface area is 247 Å². The minimum Gasteiger partial charge on any atom is -0.465 e. The van der Waals surface area contributed by atoms with Gasteiger partial charge in [0.2, 0.25) is 5.91 Å². The van der Waals surface area contributed by atoms with E-state index >= 15 is 0 Å². The van der Waals surface area contributed by atoms with Crippen molar-refractivity contribution < 1.29 is 23.9 Å². The summed E-state index contributed by atoms with van der Waals surface area (Å²) in [5.41, 5.74) is 5.11. The summed E-state index contributed by atoms with van der Waals surface area (Å²) in [6.45, 7) is 10.3. The summed E-state index contributed by atoms with van der Waals surface area (Å²) in [4.78, 5) is 41.7. The fourth-order valence-electron chi connectivity index (χ4n) is 7.29. The average Bonchev–Trinajstić information content (AvgIpc) is 3.17. The van der Waals surface area contributed by atoms with Crippen LogP contribution in [0, 0.1) is 5.41 Å². The van der Waals surface area contributed by atoms with Crippen molar-refractivity contribution in [1.29, 1.82) is 0 Å². The number of fused-ring (bicyclic) bond motifs is 4. The van der Waals surface area contributed by atoms with Gasteiger partial charge in [-0.2, -0.15) is 0 Å². The molecule has 8 heteroatoms. The van der Waals surface area contributed by atoms with Crippen LogP contribution in [-0.4, -0.2) is 41.8 Å². The summed E-state index contributed by atoms with van der Waals surface area (Å²) in [5.74, 6) is -0.0150. The first-order chi connectivity index (χ1) is 19.9. The molecule has 1 unspecified atom stereocenters. The van der Waals surface area contributed by atoms with Gasteiger partial charge in [0, 0.05) is 35.1 Å². The largest absolute Gasteiger partial charge is 0.465 e. The van der Waals surface area contributed by atoms with Gasteiger partial charge >= 0.3 is 12.1 Å². The highest BCUT2D eigenvalue weighted by Crippen LogP contribution is 2.53. The molecule has 6 rings (SSSR count). The van der Waals surface area contributed by atoms with Crippen LogP contribution in [0.15, 0.2) is 36.4 Å². The number of alkyl carbamates (subject to hydrolysis) is 1. The lowest BCUT2D eigenvalue weighted by Gasteiger charge is -2.44. The molecule has 0 bridgehead atoms. The molecule has 3 aliphatic rings. The Kier molecular flexibility index (Phi) is 6.86. The van der Waals surface area contributed by atoms with Gasteiger partial charge in [-0.05, 0) is 71.1 Å². The number of benzene rings is 2. The van der Waals surface area contributed by atoms with Crippen molar-refractivity contribution in [3.8, 4) is 11.3 Å². The van der Waals surface area contributed by atoms with Gasteiger partial charge in [0.1, 0.15) is 5.60 Å². The second-order valence-electron chi connectivity index (χ2n) is 13.5. The van der Waals surface area contributed by atoms with Crippen LogP contribution in [0.2, 0.25) is 0 Å². The number of ether oxygens (including phenoxy) is 2. The molecule has 1 aromatic heterocycles. The molecule has 1 aliphatic carbocycles. The molecule has 2 aromatic carbocycles. The summed E-state index contributed by atoms with van der Waals surface area (Å²) in [6, 6.07) is 11.5. The Hall–Kier alpha value is -3.81. The van der Waals surface area contributed by atoms with Crippen molar-refractivity contribution in [3.05, 3.63) is 53.1 Å². The molecule has 0 spiro atoms. The Morgan fingerprint density at radius 3 is 2.45 bits per heavy atom. The first kappa shape index (κ1) is 28.3. The number of aromatic nitrogens is 1. The van der Waals surface area contributed by atoms with Gasteiger partial charge in [-0.25, -0.2) is 9.59 Å². The smallest absolute Gasteiger partial charge is 0.408 e. The van der Waals surface area contributed by atoms with Crippen molar-refractivity contribution in [3.63, 3.8) is 0 Å². The standard InChI is InChI=1S/C34H41N3O5/c1-33(2,3)42-32(40)35-29-24-14-10-13-23-27(24)37(31(39)34(29,4)5)18-17-36-25-19-21(30(38)41-6)15-16-22(25)26(28(23)36)20-11-8-7-9-12-20/h10,13-16,19-20,29H,7-9,11-12,17-18H2,1-6H3,(H,35,40). The molecule has 3 aromatic rings. The number of amides is 2. The molecule has 0 saturated heterocycles. The van der Waals surface area contributed by atoms with E-state index in [1.807, 2.05) is 63.8 Å². The predicted octanol–water partition coefficient (Wildman–Crippen LogP) is 7.09. The van der Waals surface area contributed by atoms with Gasteiger partial charge < -0.3 is 24.3 Å². The highest BCUT2D eigenvalue weighted by atomic mass is 16.6. The lowest BCUT2D eigenvalue weighted by Crippen LogP contribution is -2.54. The number of nitrogens with one attached hydrogen (secondary N) is 1. The lowest BCUT2D eigenvalue weighted by atomic mass is 9.74. The molecular weight excluding hydrogens is 530 g/mol. The molecule has 1 saturated carbocycles. The van der Waals surface area contributed by atoms with E-state index in [-0.39, 0.29) is 11.9 Å². The van der Waals surface area contributed by atoms with Crippen LogP contribution in [0.4, 0.5) is 10.5 Å². The second kappa shape index (κ2) is 10.2. The van der Waals surface area contributed by atoms with Crippen molar-refractivity contribution in [2.24, 2.45) is 5.41 Å². The van der Waals surface area contributed by atoms with E-state index in [4.69, 9.17) is 9.47 Å². The topological polar surface area (TPSA) is 89.9 Å². The number of anilines is 1. The Morgan fingerprint density at radius 2 is 1.76 bits per heavy atom. The number of carbonyl (C=O) groups is 3. The number of nitrogens with zero attached hydrogens (tertiary/aromatic N) is 2. The SMILES string of the molecule is COC(=O)c1ccc2c(C3CCCCC3)c3n(c2c1)CCN1C(=O)C(C)(C)C(NC(=O)OC(C)(C)C)c2cccc-3c21. The van der Waals surface area contributed by atoms with Crippen LogP contribution in [-0.2, 0) is 20.8 Å². The average molecular weight is 572 g/mol. The van der Waals surface area contributed by atoms with Crippen LogP contribution in [0.1, 0.15) is 100 Å². The maximum atomic E-state index is 14.2. The number of rotatable bonds is 3. The molecule has 1 N–H and O–H groups in total. The zero-order valence-electron chi connectivity index (χ0n) is 25.5. The van der Waals surface area contributed by atoms with Crippen LogP contribution in [0.3, 0.4) is 0 Å². The first-order valence-corrected chi connectivity index (χ1v) is 15.1. The zero-order chi connectivity index (χ0) is 30.0. The van der Waals surface area contributed by atoms with Crippen LogP contribution < -0.4 is 10.2 Å². The first-order valence-electron chi connectivity index (χ1n) is 15.1. The highest BCUT2D eigenvalue weighted by Gasteiger charge is 2.49. The van der Waals surface area contributed by atoms with Crippen LogP contribution in [0.25, 0.3) is 22.2 Å². The molecule has 3 heterocycles. The van der Waals surface area contributed by atoms with Crippen molar-refractivity contribution in [1.82, 2.24) is 9.88 Å². The summed E-state index contributed by atoms with van der Waals surface area (Å²) in [7, 11) is 1.40. The third-order valence-corrected chi connectivity index (χ3v) is 9.17. The quantitative estimate of drug-likeness (QED) is 0.339. The number of methoxy groups -OCH3 is 1. The fraction of sp³-hybridized carbons (Fsp3) is 0.500. The minimum atomic E-state index is -0.895. The van der Waals surface area contributed by atoms with Crippen LogP contribution >= 0.6 is 0 Å². The van der Waals surface area contributed by atoms with E-state index in [9.17, 15) is 14.4 Å². The molecule has 0 radical (unpaired) electrons. The fourth-order valence-corrected chi connectivity index (χ4v) is 7.29. The minimum absolute atomic E-state index is 0.0342. The maximum Gasteiger partial charge on any atom is 0.408 e. The van der Waals surface area contributed by atoms with Gasteiger partial charge in [0.05, 0.1) is 35.5 Å². The number of hydrogen-bond acceptors (Lipinski definition) is 5. The molecule has 1 atom stereocenters. The molecule has 42 heavy (non-hydrogen) atoms. The van der Waals surface area contributed by atoms with Gasteiger partial charge in [0.25, 0.3) is 0 Å². The molecule has 2 aliphatic heterocycles. The maximum absolute atomic E-state index is 14.2. The Balaban J connectivity index is 1.59. The third-order valence-electron chi connectivity index (χ3n) is 9.17. The van der Waals surface area contributed by atoms with Crippen molar-refractivity contribution in [2.75, 3.05) is 18.6 Å². The zero-order valence-corrected chi connectivity index (χ0v) is 25.5. The van der Waals surface area contributed by atoms with Crippen LogP contribution in [0.5, 0.6) is 0 Å². The van der Waals surface area contributed by atoms with Gasteiger partial charge in [-0.3, -0.25) is 4.79 Å². The summed E-state index contributed by atoms with van der Waals surface area (Å²) >= 11 is 0. The monoisotopic (exact) mass is 571 g/mol. The summed E-state index contributed by atoms with van der Waals surface area (Å²) < 4.78 is 13.0. The van der Waals surface area contributed by atoms with Gasteiger partial charge in [-0.15, -0.1) is 0 Å². The highest BCUT2D eigenvalue weighted by molar-refractivity contribution is 6.07. The second-order valence-corrected chi connectivity index (χ2v) is 13.5. The number of carbonyl (C=O) groups excluding carboxylic acids is 3. The van der Waals surface area contributed by atoms with E-state index in [1.54, 1.807) is 0 Å². The van der Waals surface area contributed by atoms with Crippen molar-refractivity contribution in [2.45, 2.75) is 90.8 Å². The summed E-state index contributed by atoms with van der Waals surface area (Å²) in [6.07, 6.45) is 5.29.